The van der Waals surface area contributed by atoms with Gasteiger partial charge in [0.15, 0.2) is 0 Å². The van der Waals surface area contributed by atoms with Crippen LogP contribution in [0.5, 0.6) is 0 Å². The molecule has 116 valence electrons. The van der Waals surface area contributed by atoms with Crippen LogP contribution in [-0.4, -0.2) is 26.5 Å². The Balaban J connectivity index is 2.85. The van der Waals surface area contributed by atoms with E-state index < -0.39 is 33.9 Å². The zero-order valence-electron chi connectivity index (χ0n) is 11.3. The Morgan fingerprint density at radius 2 is 2.05 bits per heavy atom. The highest BCUT2D eigenvalue weighted by Crippen LogP contribution is 2.16. The van der Waals surface area contributed by atoms with E-state index in [4.69, 9.17) is 11.1 Å². The lowest BCUT2D eigenvalue weighted by Gasteiger charge is -2.12. The first-order chi connectivity index (χ1) is 9.60. The summed E-state index contributed by atoms with van der Waals surface area (Å²) in [5, 5.41) is 7.14. The molecule has 0 saturated heterocycles. The van der Waals surface area contributed by atoms with Crippen LogP contribution in [0.1, 0.15) is 19.4 Å². The summed E-state index contributed by atoms with van der Waals surface area (Å²) < 4.78 is 44.9. The Morgan fingerprint density at radius 1 is 1.43 bits per heavy atom. The van der Waals surface area contributed by atoms with Crippen molar-refractivity contribution < 1.29 is 22.3 Å². The molecular formula is C11H15FN4O4S. The molecule has 0 aliphatic rings. The van der Waals surface area contributed by atoms with Crippen molar-refractivity contribution in [1.29, 1.82) is 5.41 Å². The lowest BCUT2D eigenvalue weighted by atomic mass is 10.2. The number of nitrogens with two attached hydrogens (primary N) is 1. The van der Waals surface area contributed by atoms with Gasteiger partial charge >= 0.3 is 16.3 Å². The largest absolute Gasteiger partial charge is 0.446 e. The SMILES string of the molecule is CC(C)OC(=O)NS(=O)(=O)Nc1ccc(C(=N)N)cc1F. The minimum atomic E-state index is -4.33. The Bertz CT molecular complexity index is 660. The van der Waals surface area contributed by atoms with Crippen molar-refractivity contribution in [2.45, 2.75) is 20.0 Å². The molecule has 0 aromatic heterocycles. The molecule has 0 aliphatic heterocycles. The van der Waals surface area contributed by atoms with Gasteiger partial charge in [0.25, 0.3) is 0 Å². The van der Waals surface area contributed by atoms with Crippen molar-refractivity contribution >= 4 is 27.8 Å². The molecular weight excluding hydrogens is 303 g/mol. The van der Waals surface area contributed by atoms with Crippen LogP contribution in [0.4, 0.5) is 14.9 Å². The zero-order chi connectivity index (χ0) is 16.2. The number of benzene rings is 1. The summed E-state index contributed by atoms with van der Waals surface area (Å²) >= 11 is 0. The van der Waals surface area contributed by atoms with Crippen LogP contribution in [0.3, 0.4) is 0 Å². The van der Waals surface area contributed by atoms with Crippen molar-refractivity contribution in [1.82, 2.24) is 4.72 Å². The second-order valence-electron chi connectivity index (χ2n) is 4.27. The summed E-state index contributed by atoms with van der Waals surface area (Å²) in [6.45, 7) is 3.08. The van der Waals surface area contributed by atoms with Crippen LogP contribution < -0.4 is 15.2 Å². The fraction of sp³-hybridized carbons (Fsp3) is 0.273. The van der Waals surface area contributed by atoms with Crippen molar-refractivity contribution in [3.8, 4) is 0 Å². The highest BCUT2D eigenvalue weighted by atomic mass is 32.2. The molecule has 0 radical (unpaired) electrons. The summed E-state index contributed by atoms with van der Waals surface area (Å²) in [7, 11) is -4.33. The van der Waals surface area contributed by atoms with E-state index in [0.717, 1.165) is 12.1 Å². The molecule has 1 aromatic carbocycles. The number of amidine groups is 1. The Morgan fingerprint density at radius 3 is 2.52 bits per heavy atom. The van der Waals surface area contributed by atoms with Crippen molar-refractivity contribution in [2.75, 3.05) is 4.72 Å². The number of rotatable bonds is 5. The van der Waals surface area contributed by atoms with Crippen molar-refractivity contribution in [3.63, 3.8) is 0 Å². The van der Waals surface area contributed by atoms with E-state index in [2.05, 4.69) is 4.74 Å². The molecule has 1 aromatic rings. The molecule has 10 heteroatoms. The van der Waals surface area contributed by atoms with Gasteiger partial charge in [-0.05, 0) is 32.0 Å². The van der Waals surface area contributed by atoms with Gasteiger partial charge in [0.05, 0.1) is 11.8 Å². The number of hydrogen-bond donors (Lipinski definition) is 4. The third-order valence-electron chi connectivity index (χ3n) is 2.08. The molecule has 0 atom stereocenters. The van der Waals surface area contributed by atoms with E-state index >= 15 is 0 Å². The van der Waals surface area contributed by atoms with Gasteiger partial charge in [-0.1, -0.05) is 0 Å². The van der Waals surface area contributed by atoms with Crippen LogP contribution in [0.15, 0.2) is 18.2 Å². The van der Waals surface area contributed by atoms with E-state index in [1.54, 1.807) is 18.6 Å². The fourth-order valence-electron chi connectivity index (χ4n) is 1.28. The first-order valence-electron chi connectivity index (χ1n) is 5.76. The third-order valence-corrected chi connectivity index (χ3v) is 3.01. The van der Waals surface area contributed by atoms with E-state index in [9.17, 15) is 17.6 Å². The molecule has 0 fully saturated rings. The van der Waals surface area contributed by atoms with Crippen LogP contribution in [0.25, 0.3) is 0 Å². The van der Waals surface area contributed by atoms with Crippen molar-refractivity contribution in [2.24, 2.45) is 5.73 Å². The summed E-state index contributed by atoms with van der Waals surface area (Å²) in [5.74, 6) is -1.30. The summed E-state index contributed by atoms with van der Waals surface area (Å²) in [4.78, 5) is 11.2. The maximum atomic E-state index is 13.7. The van der Waals surface area contributed by atoms with Crippen LogP contribution in [0, 0.1) is 11.2 Å². The summed E-state index contributed by atoms with van der Waals surface area (Å²) in [6, 6.07) is 3.24. The standard InChI is InChI=1S/C11H15FN4O4S/c1-6(2)20-11(17)16-21(18,19)15-9-4-3-7(10(13)14)5-8(9)12/h3-6,15H,1-2H3,(H3,13,14)(H,16,17). The van der Waals surface area contributed by atoms with Gasteiger partial charge in [-0.15, -0.1) is 0 Å². The van der Waals surface area contributed by atoms with Gasteiger partial charge in [0.1, 0.15) is 11.7 Å². The van der Waals surface area contributed by atoms with Gasteiger partial charge < -0.3 is 10.5 Å². The minimum absolute atomic E-state index is 0.0997. The lowest BCUT2D eigenvalue weighted by Crippen LogP contribution is -2.37. The quantitative estimate of drug-likeness (QED) is 0.472. The number of nitrogen functional groups attached to an aromatic ring is 1. The van der Waals surface area contributed by atoms with Crippen molar-refractivity contribution in [3.05, 3.63) is 29.6 Å². The minimum Gasteiger partial charge on any atom is -0.446 e. The summed E-state index contributed by atoms with van der Waals surface area (Å²) in [5.41, 5.74) is 4.88. The Labute approximate surface area is 121 Å². The van der Waals surface area contributed by atoms with E-state index in [1.807, 2.05) is 4.72 Å². The Kier molecular flexibility index (Phi) is 5.08. The molecule has 0 saturated carbocycles. The molecule has 0 aliphatic carbocycles. The average Bonchev–Trinajstić information content (AvgIpc) is 2.29. The lowest BCUT2D eigenvalue weighted by molar-refractivity contribution is 0.121. The molecule has 0 spiro atoms. The normalized spacial score (nSPS) is 11.0. The fourth-order valence-corrected chi connectivity index (χ4v) is 2.06. The smallest absolute Gasteiger partial charge is 0.422 e. The van der Waals surface area contributed by atoms with Crippen LogP contribution >= 0.6 is 0 Å². The zero-order valence-corrected chi connectivity index (χ0v) is 12.1. The van der Waals surface area contributed by atoms with E-state index in [0.29, 0.717) is 0 Å². The summed E-state index contributed by atoms with van der Waals surface area (Å²) in [6.07, 6.45) is -1.69. The average molecular weight is 318 g/mol. The Hall–Kier alpha value is -2.36. The number of hydrogen-bond acceptors (Lipinski definition) is 5. The first-order valence-corrected chi connectivity index (χ1v) is 7.24. The number of halogens is 1. The van der Waals surface area contributed by atoms with Gasteiger partial charge in [-0.25, -0.2) is 13.9 Å². The molecule has 5 N–H and O–H groups in total. The molecule has 1 rings (SSSR count). The van der Waals surface area contributed by atoms with Gasteiger partial charge in [0, 0.05) is 5.56 Å². The number of ether oxygens (including phenoxy) is 1. The topological polar surface area (TPSA) is 134 Å². The first kappa shape index (κ1) is 16.7. The maximum Gasteiger partial charge on any atom is 0.422 e. The predicted octanol–water partition coefficient (Wildman–Crippen LogP) is 0.901. The molecule has 0 bridgehead atoms. The number of nitrogens with one attached hydrogen (secondary N) is 3. The highest BCUT2D eigenvalue weighted by molar-refractivity contribution is 7.91. The number of carbonyl (C=O) groups excluding carboxylic acids is 1. The van der Waals surface area contributed by atoms with Crippen LogP contribution in [0.2, 0.25) is 0 Å². The third kappa shape index (κ3) is 5.26. The van der Waals surface area contributed by atoms with Gasteiger partial charge in [-0.3, -0.25) is 10.1 Å². The molecule has 0 heterocycles. The second-order valence-corrected chi connectivity index (χ2v) is 5.69. The maximum absolute atomic E-state index is 13.7. The second kappa shape index (κ2) is 6.39. The van der Waals surface area contributed by atoms with Gasteiger partial charge in [0.2, 0.25) is 0 Å². The molecule has 8 nitrogen and oxygen atoms in total. The van der Waals surface area contributed by atoms with E-state index in [-0.39, 0.29) is 11.4 Å². The predicted molar refractivity (Wildman–Crippen MR) is 74.7 cm³/mol. The van der Waals surface area contributed by atoms with Gasteiger partial charge in [-0.2, -0.15) is 8.42 Å². The monoisotopic (exact) mass is 318 g/mol. The number of anilines is 1. The number of amides is 1. The highest BCUT2D eigenvalue weighted by Gasteiger charge is 2.18. The van der Waals surface area contributed by atoms with E-state index in [1.165, 1.54) is 6.07 Å². The number of carbonyl (C=O) groups is 1. The molecule has 21 heavy (non-hydrogen) atoms. The molecule has 1 amide bonds. The van der Waals surface area contributed by atoms with Crippen LogP contribution in [-0.2, 0) is 14.9 Å². The molecule has 0 unspecified atom stereocenters.